The lowest BCUT2D eigenvalue weighted by atomic mass is 9.34. The van der Waals surface area contributed by atoms with Gasteiger partial charge in [0, 0.05) is 12.8 Å². The number of aliphatic hydroxyl groups excluding tert-OH is 15. The summed E-state index contributed by atoms with van der Waals surface area (Å²) >= 11 is 0. The van der Waals surface area contributed by atoms with Crippen LogP contribution in [0.2, 0.25) is 0 Å². The van der Waals surface area contributed by atoms with E-state index in [1.54, 1.807) is 0 Å². The first-order valence-corrected chi connectivity index (χ1v) is 31.7. The molecule has 516 valence electrons. The van der Waals surface area contributed by atoms with Gasteiger partial charge in [-0.25, -0.2) is 0 Å². The summed E-state index contributed by atoms with van der Waals surface area (Å²) in [5.41, 5.74) is -1.69. The van der Waals surface area contributed by atoms with Gasteiger partial charge in [0.25, 0.3) is 0 Å². The number of carbonyl (C=O) groups is 2. The molecule has 5 aliphatic carbocycles. The smallest absolute Gasteiger partial charge is 0.357 e. The van der Waals surface area contributed by atoms with Crippen LogP contribution in [0, 0.1) is 56.7 Å². The van der Waals surface area contributed by atoms with Crippen molar-refractivity contribution in [1.82, 2.24) is 0 Å². The zero-order chi connectivity index (χ0) is 66.5. The standard InChI is InChI=1S/C61H98O29/c1-23-37(65)41(69)45(73)53(84-23)85-47-32(21-81-25(3)62)88-60(79,50(77)46(47)74)83-22-31-40(68)43(71)49(76)61(80,87-31)90-52(78)27-18-54(4,5)17-26-28-11-12-34-56(8)15-14-35(55(6,7)33(56)13-16-57(34,9)58(28,10)19-29(63)36(26)27)89-59(48(75)42(70)38(66)24(2)86-59)51-44(72)39(67)30(64)20-82-51/h11,23-24,26-27,29-51,53,63-77,79-80H,12-22H2,1-10H3. The van der Waals surface area contributed by atoms with E-state index in [1.807, 2.05) is 13.8 Å². The Kier molecular flexibility index (Phi) is 19.3. The van der Waals surface area contributed by atoms with Crippen LogP contribution in [0.15, 0.2) is 11.6 Å². The second-order valence-corrected chi connectivity index (χ2v) is 29.9. The number of esters is 2. The molecule has 9 fully saturated rings. The van der Waals surface area contributed by atoms with Crippen molar-refractivity contribution in [2.45, 2.75) is 279 Å². The highest BCUT2D eigenvalue weighted by atomic mass is 16.9. The molecule has 0 aromatic rings. The van der Waals surface area contributed by atoms with E-state index in [1.165, 1.54) is 13.8 Å². The Labute approximate surface area is 521 Å². The van der Waals surface area contributed by atoms with E-state index < -0.39 is 229 Å². The number of rotatable bonds is 12. The van der Waals surface area contributed by atoms with E-state index >= 15 is 0 Å². The summed E-state index contributed by atoms with van der Waals surface area (Å²) in [7, 11) is 0. The van der Waals surface area contributed by atoms with Gasteiger partial charge in [0.1, 0.15) is 104 Å². The molecule has 29 heteroatoms. The molecule has 0 bridgehead atoms. The lowest BCUT2D eigenvalue weighted by Gasteiger charge is -2.71. The van der Waals surface area contributed by atoms with Gasteiger partial charge in [0.15, 0.2) is 18.5 Å². The van der Waals surface area contributed by atoms with Crippen LogP contribution in [0.1, 0.15) is 121 Å². The average Bonchev–Trinajstić information content (AvgIpc) is 0.679. The van der Waals surface area contributed by atoms with Crippen LogP contribution in [0.5, 0.6) is 0 Å². The second kappa shape index (κ2) is 24.6. The molecule has 29 nitrogen and oxygen atoms in total. The molecule has 17 N–H and O–H groups in total. The minimum absolute atomic E-state index is 0.0268. The van der Waals surface area contributed by atoms with Crippen LogP contribution in [0.25, 0.3) is 0 Å². The van der Waals surface area contributed by atoms with Gasteiger partial charge in [-0.1, -0.05) is 60.1 Å². The second-order valence-electron chi connectivity index (χ2n) is 29.9. The average molecular weight is 1300 g/mol. The Balaban J connectivity index is 0.856. The summed E-state index contributed by atoms with van der Waals surface area (Å²) in [6.45, 7) is 16.3. The largest absolute Gasteiger partial charge is 0.463 e. The normalized spacial score (nSPS) is 55.0. The van der Waals surface area contributed by atoms with Gasteiger partial charge in [-0.3, -0.25) is 9.59 Å². The number of allylic oxidation sites excluding steroid dienone is 2. The maximum atomic E-state index is 14.9. The van der Waals surface area contributed by atoms with Crippen molar-refractivity contribution in [2.24, 2.45) is 56.7 Å². The van der Waals surface area contributed by atoms with Crippen molar-refractivity contribution in [1.29, 1.82) is 0 Å². The minimum Gasteiger partial charge on any atom is -0.463 e. The van der Waals surface area contributed by atoms with Gasteiger partial charge in [-0.2, -0.15) is 0 Å². The van der Waals surface area contributed by atoms with Gasteiger partial charge < -0.3 is 134 Å². The molecule has 5 heterocycles. The van der Waals surface area contributed by atoms with Gasteiger partial charge in [-0.15, -0.1) is 0 Å². The third-order valence-corrected chi connectivity index (χ3v) is 23.6. The van der Waals surface area contributed by atoms with Gasteiger partial charge in [0.2, 0.25) is 5.79 Å². The quantitative estimate of drug-likeness (QED) is 0.0382. The SMILES string of the molecule is CC(=O)OCC1OC(O)(OCC2OC(O)(OC(=O)C3CC(C)(C)CC4C5=CCC6C7(C)CCC(OC8(C9OCC(O)C(O)C9O)OC(C)C(O)C(O)C8O)C(C)(C)C7CCC6(C)C5(C)CC(O)C34)C(O)C(O)C2O)C(O)C(O)C1OC1OC(C)C(O)C(O)C1O. The molecule has 34 unspecified atom stereocenters. The van der Waals surface area contributed by atoms with Crippen LogP contribution >= 0.6 is 0 Å². The third-order valence-electron chi connectivity index (χ3n) is 23.6. The summed E-state index contributed by atoms with van der Waals surface area (Å²) in [4.78, 5) is 26.8. The first-order chi connectivity index (χ1) is 41.6. The van der Waals surface area contributed by atoms with Gasteiger partial charge in [0.05, 0.1) is 43.5 Å². The molecule has 0 aromatic carbocycles. The van der Waals surface area contributed by atoms with E-state index in [2.05, 4.69) is 40.7 Å². The van der Waals surface area contributed by atoms with Crippen molar-refractivity contribution in [3.05, 3.63) is 11.6 Å². The number of fused-ring (bicyclic) bond motifs is 7. The summed E-state index contributed by atoms with van der Waals surface area (Å²) in [5, 5.41) is 190. The summed E-state index contributed by atoms with van der Waals surface area (Å²) in [6.07, 6.45) is -34.2. The van der Waals surface area contributed by atoms with E-state index in [9.17, 15) is 96.4 Å². The Hall–Kier alpha value is -2.32. The van der Waals surface area contributed by atoms with E-state index in [4.69, 9.17) is 47.4 Å². The maximum absolute atomic E-state index is 14.9. The molecule has 5 aliphatic heterocycles. The molecule has 0 aromatic heterocycles. The van der Waals surface area contributed by atoms with Crippen molar-refractivity contribution in [3.63, 3.8) is 0 Å². The Morgan fingerprint density at radius 1 is 0.622 bits per heavy atom. The van der Waals surface area contributed by atoms with E-state index in [0.717, 1.165) is 12.5 Å². The van der Waals surface area contributed by atoms with Crippen LogP contribution in [0.4, 0.5) is 0 Å². The molecule has 90 heavy (non-hydrogen) atoms. The lowest BCUT2D eigenvalue weighted by Crippen LogP contribution is -2.75. The van der Waals surface area contributed by atoms with Crippen molar-refractivity contribution in [3.8, 4) is 0 Å². The molecule has 0 radical (unpaired) electrons. The minimum atomic E-state index is -3.43. The number of hydrogen-bond donors (Lipinski definition) is 17. The third kappa shape index (κ3) is 11.4. The predicted molar refractivity (Wildman–Crippen MR) is 300 cm³/mol. The fraction of sp³-hybridized carbons (Fsp3) is 0.934. The first kappa shape index (κ1) is 70.5. The molecule has 34 atom stereocenters. The summed E-state index contributed by atoms with van der Waals surface area (Å²) in [6, 6.07) is 0. The summed E-state index contributed by atoms with van der Waals surface area (Å²) < 4.78 is 57.7. The highest BCUT2D eigenvalue weighted by molar-refractivity contribution is 5.74. The fourth-order valence-corrected chi connectivity index (χ4v) is 18.5. The van der Waals surface area contributed by atoms with Crippen molar-refractivity contribution in [2.75, 3.05) is 19.8 Å². The Morgan fingerprint density at radius 3 is 1.92 bits per heavy atom. The fourth-order valence-electron chi connectivity index (χ4n) is 18.5. The van der Waals surface area contributed by atoms with E-state index in [0.29, 0.717) is 38.5 Å². The Morgan fingerprint density at radius 2 is 1.26 bits per heavy atom. The molecule has 0 amide bonds. The number of hydrogen-bond acceptors (Lipinski definition) is 29. The highest BCUT2D eigenvalue weighted by Crippen LogP contribution is 2.75. The van der Waals surface area contributed by atoms with Crippen LogP contribution in [0.3, 0.4) is 0 Å². The van der Waals surface area contributed by atoms with Crippen LogP contribution in [-0.4, -0.2) is 277 Å². The maximum Gasteiger partial charge on any atom is 0.357 e. The Bertz CT molecular complexity index is 2630. The topological polar surface area (TPSA) is 470 Å². The predicted octanol–water partition coefficient (Wildman–Crippen LogP) is -4.09. The van der Waals surface area contributed by atoms with E-state index in [-0.39, 0.29) is 30.1 Å². The van der Waals surface area contributed by atoms with Crippen molar-refractivity contribution >= 4 is 11.9 Å². The zero-order valence-corrected chi connectivity index (χ0v) is 52.5. The molecular formula is C61H98O29. The molecule has 10 aliphatic rings. The molecule has 4 saturated carbocycles. The molecule has 5 saturated heterocycles. The summed E-state index contributed by atoms with van der Waals surface area (Å²) in [5.74, 6) is -13.4. The molecular weight excluding hydrogens is 1200 g/mol. The highest BCUT2D eigenvalue weighted by Gasteiger charge is 2.72. The number of ether oxygens (including phenoxy) is 10. The van der Waals surface area contributed by atoms with Gasteiger partial charge in [-0.05, 0) is 110 Å². The van der Waals surface area contributed by atoms with Gasteiger partial charge >= 0.3 is 23.9 Å². The van der Waals surface area contributed by atoms with Crippen molar-refractivity contribution < 1.29 is 144 Å². The number of aliphatic hydroxyl groups is 17. The monoisotopic (exact) mass is 1290 g/mol. The molecule has 0 spiro atoms. The zero-order valence-electron chi connectivity index (χ0n) is 52.5. The van der Waals surface area contributed by atoms with Crippen LogP contribution < -0.4 is 0 Å². The lowest BCUT2D eigenvalue weighted by molar-refractivity contribution is -0.473. The molecule has 10 rings (SSSR count). The number of carbonyl (C=O) groups excluding carboxylic acids is 2. The first-order valence-electron chi connectivity index (χ1n) is 31.7. The van der Waals surface area contributed by atoms with Crippen LogP contribution in [-0.2, 0) is 57.0 Å².